The molecule has 0 amide bonds. The summed E-state index contributed by atoms with van der Waals surface area (Å²) in [5.74, 6) is 0. The van der Waals surface area contributed by atoms with Crippen molar-refractivity contribution in [1.29, 1.82) is 0 Å². The highest BCUT2D eigenvalue weighted by atomic mass is 15.1. The Morgan fingerprint density at radius 3 is 0.840 bits per heavy atom. The third-order valence-electron chi connectivity index (χ3n) is 15.5. The Bertz CT molecular complexity index is 3770. The molecule has 1 spiro atoms. The third-order valence-corrected chi connectivity index (χ3v) is 15.5. The van der Waals surface area contributed by atoms with E-state index < -0.39 is 5.41 Å². The molecule has 14 rings (SSSR count). The minimum absolute atomic E-state index is 0.528. The molecule has 0 fully saturated rings. The van der Waals surface area contributed by atoms with Gasteiger partial charge in [0.1, 0.15) is 0 Å². The molecule has 0 unspecified atom stereocenters. The molecule has 2 aliphatic rings. The van der Waals surface area contributed by atoms with Crippen molar-refractivity contribution in [2.24, 2.45) is 0 Å². The molecule has 0 bridgehead atoms. The van der Waals surface area contributed by atoms with Gasteiger partial charge in [-0.15, -0.1) is 0 Å². The molecule has 0 N–H and O–H groups in total. The summed E-state index contributed by atoms with van der Waals surface area (Å²) in [6.45, 7) is 0. The lowest BCUT2D eigenvalue weighted by Gasteiger charge is -2.32. The maximum Gasteiger partial charge on any atom is 0.0725 e. The van der Waals surface area contributed by atoms with E-state index in [1.807, 2.05) is 0 Å². The summed E-state index contributed by atoms with van der Waals surface area (Å²) in [7, 11) is 0. The van der Waals surface area contributed by atoms with E-state index in [0.717, 1.165) is 34.1 Å². The summed E-state index contributed by atoms with van der Waals surface area (Å²) in [4.78, 5) is 4.84. The highest BCUT2D eigenvalue weighted by molar-refractivity contribution is 5.98. The van der Waals surface area contributed by atoms with E-state index in [9.17, 15) is 0 Å². The molecule has 0 atom stereocenters. The molecule has 0 aliphatic heterocycles. The van der Waals surface area contributed by atoms with Crippen molar-refractivity contribution >= 4 is 34.1 Å². The summed E-state index contributed by atoms with van der Waals surface area (Å²) < 4.78 is 0. The quantitative estimate of drug-likeness (QED) is 0.135. The molecule has 75 heavy (non-hydrogen) atoms. The second kappa shape index (κ2) is 18.4. The largest absolute Gasteiger partial charge is 0.310 e. The lowest BCUT2D eigenvalue weighted by atomic mass is 9.70. The van der Waals surface area contributed by atoms with Crippen molar-refractivity contribution in [2.75, 3.05) is 9.80 Å². The maximum atomic E-state index is 2.44. The Morgan fingerprint density at radius 2 is 0.453 bits per heavy atom. The van der Waals surface area contributed by atoms with E-state index in [2.05, 4.69) is 313 Å². The van der Waals surface area contributed by atoms with Gasteiger partial charge in [-0.2, -0.15) is 0 Å². The lowest BCUT2D eigenvalue weighted by molar-refractivity contribution is 0.793. The summed E-state index contributed by atoms with van der Waals surface area (Å²) in [6, 6.07) is 111. The second-order valence-corrected chi connectivity index (χ2v) is 19.6. The molecule has 0 radical (unpaired) electrons. The van der Waals surface area contributed by atoms with Crippen LogP contribution in [0.1, 0.15) is 22.3 Å². The van der Waals surface area contributed by atoms with E-state index in [1.165, 1.54) is 89.0 Å². The lowest BCUT2D eigenvalue weighted by Crippen LogP contribution is -2.26. The highest BCUT2D eigenvalue weighted by Crippen LogP contribution is 2.64. The van der Waals surface area contributed by atoms with Gasteiger partial charge in [-0.1, -0.05) is 231 Å². The molecule has 12 aromatic rings. The molecule has 2 aliphatic carbocycles. The number of fused-ring (bicyclic) bond motifs is 10. The average Bonchev–Trinajstić information content (AvgIpc) is 4.19. The number of benzene rings is 12. The Morgan fingerprint density at radius 1 is 0.173 bits per heavy atom. The van der Waals surface area contributed by atoms with Gasteiger partial charge >= 0.3 is 0 Å². The smallest absolute Gasteiger partial charge is 0.0725 e. The van der Waals surface area contributed by atoms with Crippen LogP contribution in [0.4, 0.5) is 34.1 Å². The first kappa shape index (κ1) is 44.0. The van der Waals surface area contributed by atoms with Crippen LogP contribution in [-0.4, -0.2) is 0 Å². The molecule has 12 aromatic carbocycles. The van der Waals surface area contributed by atoms with Crippen LogP contribution in [0.25, 0.3) is 66.8 Å². The van der Waals surface area contributed by atoms with Gasteiger partial charge in [0, 0.05) is 34.1 Å². The topological polar surface area (TPSA) is 6.48 Å². The zero-order valence-electron chi connectivity index (χ0n) is 41.3. The van der Waals surface area contributed by atoms with Gasteiger partial charge in [0.15, 0.2) is 0 Å². The van der Waals surface area contributed by atoms with Gasteiger partial charge in [-0.3, -0.25) is 0 Å². The fourth-order valence-electron chi connectivity index (χ4n) is 12.1. The van der Waals surface area contributed by atoms with Crippen LogP contribution < -0.4 is 9.80 Å². The fourth-order valence-corrected chi connectivity index (χ4v) is 12.1. The molecule has 0 saturated heterocycles. The summed E-state index contributed by atoms with van der Waals surface area (Å²) in [5, 5.41) is 0. The zero-order valence-corrected chi connectivity index (χ0v) is 41.3. The fraction of sp³-hybridized carbons (Fsp3) is 0.0137. The standard InChI is InChI=1S/C73H50N2/c1-5-19-51(20-6-1)55-35-39-59(40-36-55)74(61-29-17-27-57(47-61)53-23-9-3-10-24-53)63-43-45-71-67(49-63)65-31-13-15-33-69(65)73(71)70-34-16-14-32-66(70)68-50-64(44-46-72(68)73)75(60-41-37-56(38-42-60)52-21-7-2-8-22-52)62-30-18-28-58(48-62)54-25-11-4-12-26-54/h1-50H. The van der Waals surface area contributed by atoms with Crippen LogP contribution in [-0.2, 0) is 5.41 Å². The van der Waals surface area contributed by atoms with Gasteiger partial charge in [-0.05, 0) is 162 Å². The van der Waals surface area contributed by atoms with E-state index in [1.54, 1.807) is 0 Å². The molecule has 352 valence electrons. The number of hydrogen-bond donors (Lipinski definition) is 0. The van der Waals surface area contributed by atoms with Crippen LogP contribution in [0.3, 0.4) is 0 Å². The summed E-state index contributed by atoms with van der Waals surface area (Å²) >= 11 is 0. The van der Waals surface area contributed by atoms with Crippen LogP contribution in [0, 0.1) is 0 Å². The van der Waals surface area contributed by atoms with E-state index in [4.69, 9.17) is 0 Å². The van der Waals surface area contributed by atoms with Crippen molar-refractivity contribution in [2.45, 2.75) is 5.41 Å². The molecule has 0 aromatic heterocycles. The Kier molecular flexibility index (Phi) is 10.8. The Balaban J connectivity index is 0.928. The van der Waals surface area contributed by atoms with Crippen LogP contribution in [0.2, 0.25) is 0 Å². The first-order valence-corrected chi connectivity index (χ1v) is 25.9. The molecule has 2 heteroatoms. The first-order valence-electron chi connectivity index (χ1n) is 25.9. The maximum absolute atomic E-state index is 2.44. The van der Waals surface area contributed by atoms with Gasteiger partial charge in [-0.25, -0.2) is 0 Å². The van der Waals surface area contributed by atoms with E-state index in [0.29, 0.717) is 0 Å². The number of anilines is 6. The van der Waals surface area contributed by atoms with Crippen molar-refractivity contribution in [3.05, 3.63) is 326 Å². The van der Waals surface area contributed by atoms with Crippen LogP contribution >= 0.6 is 0 Å². The van der Waals surface area contributed by atoms with Crippen molar-refractivity contribution in [3.8, 4) is 66.8 Å². The predicted molar refractivity (Wildman–Crippen MR) is 314 cm³/mol. The number of hydrogen-bond acceptors (Lipinski definition) is 2. The third kappa shape index (κ3) is 7.49. The van der Waals surface area contributed by atoms with Gasteiger partial charge in [0.05, 0.1) is 5.41 Å². The van der Waals surface area contributed by atoms with Crippen LogP contribution in [0.15, 0.2) is 303 Å². The second-order valence-electron chi connectivity index (χ2n) is 19.6. The van der Waals surface area contributed by atoms with Crippen molar-refractivity contribution in [3.63, 3.8) is 0 Å². The monoisotopic (exact) mass is 954 g/mol. The van der Waals surface area contributed by atoms with E-state index >= 15 is 0 Å². The summed E-state index contributed by atoms with van der Waals surface area (Å²) in [6.07, 6.45) is 0. The minimum Gasteiger partial charge on any atom is -0.310 e. The first-order chi connectivity index (χ1) is 37.2. The Labute approximate surface area is 439 Å². The van der Waals surface area contributed by atoms with Crippen molar-refractivity contribution < 1.29 is 0 Å². The highest BCUT2D eigenvalue weighted by Gasteiger charge is 2.52. The number of rotatable bonds is 10. The molecular formula is C73H50N2. The Hall–Kier alpha value is -9.76. The van der Waals surface area contributed by atoms with Crippen molar-refractivity contribution in [1.82, 2.24) is 0 Å². The van der Waals surface area contributed by atoms with E-state index in [-0.39, 0.29) is 0 Å². The average molecular weight is 955 g/mol. The predicted octanol–water partition coefficient (Wildman–Crippen LogP) is 19.6. The minimum atomic E-state index is -0.528. The van der Waals surface area contributed by atoms with Gasteiger partial charge in [0.2, 0.25) is 0 Å². The van der Waals surface area contributed by atoms with Gasteiger partial charge in [0.25, 0.3) is 0 Å². The molecular weight excluding hydrogens is 905 g/mol. The van der Waals surface area contributed by atoms with Gasteiger partial charge < -0.3 is 9.80 Å². The summed E-state index contributed by atoms with van der Waals surface area (Å²) in [5.41, 5.74) is 25.8. The zero-order chi connectivity index (χ0) is 49.7. The normalized spacial score (nSPS) is 12.4. The SMILES string of the molecule is c1ccc(-c2ccc(N(c3cccc(-c4ccccc4)c3)c3ccc4c(c3)-c3ccccc3C43c4ccccc4-c4cc(N(c5ccc(-c6ccccc6)cc5)c5cccc(-c6ccccc6)c5)ccc43)cc2)cc1. The molecule has 0 heterocycles. The molecule has 0 saturated carbocycles. The van der Waals surface area contributed by atoms with Crippen LogP contribution in [0.5, 0.6) is 0 Å². The molecule has 2 nitrogen and oxygen atoms in total. The number of nitrogens with zero attached hydrogens (tertiary/aromatic N) is 2.